The van der Waals surface area contributed by atoms with Crippen molar-refractivity contribution in [3.8, 4) is 0 Å². The molecule has 0 heterocycles. The molecule has 3 atom stereocenters. The minimum Gasteiger partial charge on any atom is -0.444 e. The van der Waals surface area contributed by atoms with Gasteiger partial charge >= 0.3 is 30.5 Å². The Hall–Kier alpha value is -5.49. The van der Waals surface area contributed by atoms with Gasteiger partial charge in [0.25, 0.3) is 5.91 Å². The molecule has 19 nitrogen and oxygen atoms in total. The standard InChI is InChI=1S/C44H75N7O12/c1-41(2,3)60-37(55)47-27-17-22-33(59-36(45)54)35(53)46-25-15-20-31(50-39(57)61-42(4,5)6)28-34(52)49-29-32(51-40(58)62-43(7,8)9)21-16-26-48-38(56)63-44(10,11)24-23-30-18-13-12-14-19-30/h12-14,18-19,31-33H,15-17,20-29H2,1-11H3,(H2,45,54)(H,46,53)(H,47,55)(H,48,56)(H,49,52)(H,50,57)(H,51,58)/t31-,32-,33-/m0/s1. The van der Waals surface area contributed by atoms with Gasteiger partial charge in [-0.1, -0.05) is 30.3 Å². The summed E-state index contributed by atoms with van der Waals surface area (Å²) in [5, 5.41) is 16.3. The van der Waals surface area contributed by atoms with Crippen molar-refractivity contribution >= 4 is 42.3 Å². The van der Waals surface area contributed by atoms with Gasteiger partial charge in [-0.3, -0.25) is 9.59 Å². The molecule has 0 bridgehead atoms. The molecule has 0 radical (unpaired) electrons. The Morgan fingerprint density at radius 3 is 1.56 bits per heavy atom. The number of ether oxygens (including phenoxy) is 5. The number of nitrogens with two attached hydrogens (primary N) is 1. The van der Waals surface area contributed by atoms with E-state index in [0.29, 0.717) is 25.7 Å². The molecule has 0 aromatic heterocycles. The van der Waals surface area contributed by atoms with Crippen molar-refractivity contribution in [2.75, 3.05) is 26.2 Å². The third kappa shape index (κ3) is 30.2. The summed E-state index contributed by atoms with van der Waals surface area (Å²) in [7, 11) is 0. The van der Waals surface area contributed by atoms with Gasteiger partial charge in [-0.25, -0.2) is 24.0 Å². The first-order valence-corrected chi connectivity index (χ1v) is 21.6. The van der Waals surface area contributed by atoms with Crippen molar-refractivity contribution in [3.05, 3.63) is 35.9 Å². The molecule has 0 unspecified atom stereocenters. The lowest BCUT2D eigenvalue weighted by molar-refractivity contribution is -0.129. The number of alkyl carbamates (subject to hydrolysis) is 4. The van der Waals surface area contributed by atoms with Gasteiger partial charge < -0.3 is 61.3 Å². The van der Waals surface area contributed by atoms with Crippen molar-refractivity contribution in [1.82, 2.24) is 31.9 Å². The number of nitrogens with one attached hydrogen (secondary N) is 6. The SMILES string of the molecule is CC(C)(C)OC(=O)NCCC[C@H](OC(N)=O)C(=O)NCCC[C@@H](CC(=O)NC[C@H](CCCNC(=O)OC(C)(C)CCc1ccccc1)NC(=O)OC(C)(C)C)NC(=O)OC(C)(C)C. The number of primary amides is 1. The van der Waals surface area contributed by atoms with Crippen LogP contribution < -0.4 is 37.6 Å². The zero-order valence-corrected chi connectivity index (χ0v) is 39.3. The Morgan fingerprint density at radius 2 is 1.03 bits per heavy atom. The van der Waals surface area contributed by atoms with Crippen LogP contribution in [-0.2, 0) is 39.7 Å². The predicted molar refractivity (Wildman–Crippen MR) is 237 cm³/mol. The van der Waals surface area contributed by atoms with Crippen LogP contribution >= 0.6 is 0 Å². The zero-order valence-electron chi connectivity index (χ0n) is 39.3. The van der Waals surface area contributed by atoms with E-state index in [2.05, 4.69) is 31.9 Å². The van der Waals surface area contributed by atoms with Gasteiger partial charge in [0.1, 0.15) is 22.4 Å². The van der Waals surface area contributed by atoms with E-state index in [9.17, 15) is 33.6 Å². The zero-order chi connectivity index (χ0) is 47.9. The summed E-state index contributed by atoms with van der Waals surface area (Å²) >= 11 is 0. The molecule has 0 aliphatic rings. The Labute approximate surface area is 373 Å². The number of benzene rings is 1. The molecule has 8 N–H and O–H groups in total. The van der Waals surface area contributed by atoms with E-state index in [1.165, 1.54) is 0 Å². The predicted octanol–water partition coefficient (Wildman–Crippen LogP) is 5.86. The fourth-order valence-electron chi connectivity index (χ4n) is 5.75. The first-order chi connectivity index (χ1) is 29.1. The van der Waals surface area contributed by atoms with Gasteiger partial charge in [0.15, 0.2) is 6.10 Å². The molecule has 19 heteroatoms. The Kier molecular flexibility index (Phi) is 23.7. The number of hydrogen-bond acceptors (Lipinski definition) is 12. The number of hydrogen-bond donors (Lipinski definition) is 7. The van der Waals surface area contributed by atoms with E-state index in [4.69, 9.17) is 29.4 Å². The lowest BCUT2D eigenvalue weighted by Crippen LogP contribution is -2.47. The highest BCUT2D eigenvalue weighted by Gasteiger charge is 2.26. The summed E-state index contributed by atoms with van der Waals surface area (Å²) in [6.45, 7) is 19.7. The maximum atomic E-state index is 13.3. The van der Waals surface area contributed by atoms with E-state index < -0.39 is 82.9 Å². The maximum absolute atomic E-state index is 13.3. The van der Waals surface area contributed by atoms with Gasteiger partial charge in [-0.15, -0.1) is 0 Å². The number of amides is 7. The molecule has 0 aliphatic heterocycles. The maximum Gasteiger partial charge on any atom is 0.407 e. The van der Waals surface area contributed by atoms with Crippen molar-refractivity contribution in [3.63, 3.8) is 0 Å². The van der Waals surface area contributed by atoms with Crippen LogP contribution in [0.25, 0.3) is 0 Å². The summed E-state index contributed by atoms with van der Waals surface area (Å²) in [4.78, 5) is 87.8. The second kappa shape index (κ2) is 26.9. The van der Waals surface area contributed by atoms with Crippen LogP contribution in [0.1, 0.15) is 133 Å². The van der Waals surface area contributed by atoms with Crippen LogP contribution in [0.15, 0.2) is 30.3 Å². The molecule has 358 valence electrons. The molecule has 1 rings (SSSR count). The fraction of sp³-hybridized carbons (Fsp3) is 0.705. The lowest BCUT2D eigenvalue weighted by Gasteiger charge is -2.26. The van der Waals surface area contributed by atoms with E-state index in [0.717, 1.165) is 12.0 Å². The monoisotopic (exact) mass is 894 g/mol. The van der Waals surface area contributed by atoms with Gasteiger partial charge in [0, 0.05) is 44.7 Å². The van der Waals surface area contributed by atoms with E-state index >= 15 is 0 Å². The highest BCUT2D eigenvalue weighted by molar-refractivity contribution is 5.83. The molecule has 0 saturated heterocycles. The molecular weight excluding hydrogens is 819 g/mol. The molecule has 1 aromatic carbocycles. The quantitative estimate of drug-likeness (QED) is 0.0475. The average Bonchev–Trinajstić information content (AvgIpc) is 3.12. The molecule has 0 spiro atoms. The van der Waals surface area contributed by atoms with Gasteiger partial charge in [-0.05, 0) is 133 Å². The number of carbonyl (C=O) groups excluding carboxylic acids is 7. The molecule has 0 fully saturated rings. The number of carbonyl (C=O) groups is 7. The van der Waals surface area contributed by atoms with Crippen LogP contribution in [0.5, 0.6) is 0 Å². The Morgan fingerprint density at radius 1 is 0.571 bits per heavy atom. The highest BCUT2D eigenvalue weighted by atomic mass is 16.6. The second-order valence-electron chi connectivity index (χ2n) is 18.8. The van der Waals surface area contributed by atoms with Crippen LogP contribution in [0, 0.1) is 0 Å². The van der Waals surface area contributed by atoms with Gasteiger partial charge in [0.05, 0.1) is 0 Å². The minimum absolute atomic E-state index is 0.0127. The van der Waals surface area contributed by atoms with Crippen LogP contribution in [0.2, 0.25) is 0 Å². The highest BCUT2D eigenvalue weighted by Crippen LogP contribution is 2.18. The summed E-state index contributed by atoms with van der Waals surface area (Å²) in [5.74, 6) is -1.05. The lowest BCUT2D eigenvalue weighted by atomic mass is 9.99. The molecule has 1 aromatic rings. The largest absolute Gasteiger partial charge is 0.444 e. The summed E-state index contributed by atoms with van der Waals surface area (Å²) in [6.07, 6.45) is -2.11. The van der Waals surface area contributed by atoms with Crippen LogP contribution in [0.3, 0.4) is 0 Å². The van der Waals surface area contributed by atoms with Crippen molar-refractivity contribution < 1.29 is 57.2 Å². The van der Waals surface area contributed by atoms with Gasteiger partial charge in [-0.2, -0.15) is 0 Å². The van der Waals surface area contributed by atoms with Crippen molar-refractivity contribution in [2.24, 2.45) is 5.73 Å². The first-order valence-electron chi connectivity index (χ1n) is 21.6. The number of rotatable bonds is 24. The molecule has 7 amide bonds. The van der Waals surface area contributed by atoms with Crippen molar-refractivity contribution in [1.29, 1.82) is 0 Å². The van der Waals surface area contributed by atoms with Gasteiger partial charge in [0.2, 0.25) is 5.91 Å². The van der Waals surface area contributed by atoms with E-state index in [1.807, 2.05) is 44.2 Å². The Bertz CT molecular complexity index is 1600. The smallest absolute Gasteiger partial charge is 0.407 e. The average molecular weight is 894 g/mol. The first kappa shape index (κ1) is 55.5. The summed E-state index contributed by atoms with van der Waals surface area (Å²) in [6, 6.07) is 8.61. The summed E-state index contributed by atoms with van der Waals surface area (Å²) < 4.78 is 26.7. The van der Waals surface area contributed by atoms with Crippen LogP contribution in [0.4, 0.5) is 24.0 Å². The second-order valence-corrected chi connectivity index (χ2v) is 18.8. The molecule has 0 saturated carbocycles. The Balaban J connectivity index is 2.83. The molecule has 63 heavy (non-hydrogen) atoms. The topological polar surface area (TPSA) is 264 Å². The van der Waals surface area contributed by atoms with Crippen LogP contribution in [-0.4, -0.2) is 109 Å². The van der Waals surface area contributed by atoms with E-state index in [-0.39, 0.29) is 51.9 Å². The third-order valence-corrected chi connectivity index (χ3v) is 8.54. The number of aryl methyl sites for hydroxylation is 1. The third-order valence-electron chi connectivity index (χ3n) is 8.54. The normalized spacial score (nSPS) is 13.2. The fourth-order valence-corrected chi connectivity index (χ4v) is 5.75. The molecule has 0 aliphatic carbocycles. The van der Waals surface area contributed by atoms with Crippen molar-refractivity contribution in [2.45, 2.75) is 175 Å². The minimum atomic E-state index is -1.22. The summed E-state index contributed by atoms with van der Waals surface area (Å²) in [5.41, 5.74) is 3.36. The molecular formula is C44H75N7O12. The van der Waals surface area contributed by atoms with E-state index in [1.54, 1.807) is 62.3 Å².